The van der Waals surface area contributed by atoms with Crippen LogP contribution in [-0.4, -0.2) is 277 Å². The van der Waals surface area contributed by atoms with Crippen molar-refractivity contribution in [2.24, 2.45) is 47.3 Å². The van der Waals surface area contributed by atoms with Crippen LogP contribution in [0.2, 0.25) is 0 Å². The molecule has 6 spiro atoms. The largest absolute Gasteiger partial charge is 0.522 e. The summed E-state index contributed by atoms with van der Waals surface area (Å²) in [5, 5.41) is 0. The highest BCUT2D eigenvalue weighted by Crippen LogP contribution is 2.66. The van der Waals surface area contributed by atoms with Crippen LogP contribution in [-0.2, 0) is 119 Å². The first-order valence-electron chi connectivity index (χ1n) is 46.4. The second-order valence-corrected chi connectivity index (χ2v) is 41.8. The summed E-state index contributed by atoms with van der Waals surface area (Å²) in [4.78, 5) is 73.6. The van der Waals surface area contributed by atoms with Crippen molar-refractivity contribution in [3.05, 3.63) is 105 Å². The number of epoxide rings is 12. The molecule has 0 aromatic rings. The van der Waals surface area contributed by atoms with E-state index in [2.05, 4.69) is 86.1 Å². The van der Waals surface area contributed by atoms with Crippen molar-refractivity contribution < 1.29 is 145 Å². The third kappa shape index (κ3) is 19.3. The normalized spacial score (nSPS) is 44.5. The number of carbonyl (C=O) groups is 6. The maximum absolute atomic E-state index is 12.6. The molecular weight excluding hydrogens is 1720 g/mol. The summed E-state index contributed by atoms with van der Waals surface area (Å²) in [6.07, 6.45) is 11.9. The number of halogens is 6. The number of allylic oxidation sites excluding steroid dienone is 3. The maximum atomic E-state index is 12.6. The Hall–Kier alpha value is -5.50. The van der Waals surface area contributed by atoms with Crippen LogP contribution >= 0.6 is 0 Å². The number of carbonyl (C=O) groups excluding carboxylic acids is 6. The van der Waals surface area contributed by atoms with Gasteiger partial charge < -0.3 is 85.3 Å². The highest BCUT2D eigenvalue weighted by atomic mass is 19.4. The molecule has 12 aliphatic heterocycles. The number of hydrogen-bond acceptors (Lipinski definition) is 25. The number of ether oxygens (including phenoxy) is 19. The van der Waals surface area contributed by atoms with Gasteiger partial charge in [0.2, 0.25) is 0 Å². The van der Waals surface area contributed by atoms with E-state index in [4.69, 9.17) is 85.3 Å². The smallest absolute Gasteiger partial charge is 0.373 e. The van der Waals surface area contributed by atoms with E-state index in [0.29, 0.717) is 51.5 Å². The van der Waals surface area contributed by atoms with Crippen molar-refractivity contribution in [2.75, 3.05) is 88.9 Å². The van der Waals surface area contributed by atoms with Gasteiger partial charge in [0.05, 0.1) is 118 Å². The highest BCUT2D eigenvalue weighted by molar-refractivity contribution is 6.00. The Morgan fingerprint density at radius 3 is 0.794 bits per heavy atom. The summed E-state index contributed by atoms with van der Waals surface area (Å²) in [7, 11) is 9.30. The fourth-order valence-electron chi connectivity index (χ4n) is 23.1. The first-order chi connectivity index (χ1) is 61.3. The molecule has 0 radical (unpaired) electrons. The van der Waals surface area contributed by atoms with Gasteiger partial charge in [-0.15, -0.1) is 13.2 Å². The number of alkyl halides is 6. The monoisotopic (exact) mass is 1850 g/mol. The Morgan fingerprint density at radius 2 is 0.588 bits per heavy atom. The van der Waals surface area contributed by atoms with Crippen LogP contribution in [0.1, 0.15) is 196 Å². The topological polar surface area (TPSA) is 317 Å². The van der Waals surface area contributed by atoms with Crippen LogP contribution in [0.25, 0.3) is 0 Å². The second kappa shape index (κ2) is 36.4. The predicted octanol–water partition coefficient (Wildman–Crippen LogP) is 14.6. The zero-order valence-electron chi connectivity index (χ0n) is 80.7. The van der Waals surface area contributed by atoms with Crippen LogP contribution in [0.3, 0.4) is 0 Å². The van der Waals surface area contributed by atoms with Crippen molar-refractivity contribution >= 4 is 34.7 Å². The van der Waals surface area contributed by atoms with Gasteiger partial charge in [0.1, 0.15) is 104 Å². The van der Waals surface area contributed by atoms with Crippen molar-refractivity contribution in [1.82, 2.24) is 0 Å². The zero-order valence-corrected chi connectivity index (χ0v) is 80.7. The fourth-order valence-corrected chi connectivity index (χ4v) is 23.1. The van der Waals surface area contributed by atoms with Crippen molar-refractivity contribution in [3.63, 3.8) is 0 Å². The molecule has 730 valence electrons. The van der Waals surface area contributed by atoms with Gasteiger partial charge in [-0.05, 0) is 243 Å². The first-order valence-corrected chi connectivity index (χ1v) is 46.4. The molecule has 0 amide bonds. The summed E-state index contributed by atoms with van der Waals surface area (Å²) in [6, 6.07) is 0. The van der Waals surface area contributed by atoms with Crippen molar-refractivity contribution in [3.8, 4) is 0 Å². The van der Waals surface area contributed by atoms with Crippen LogP contribution < -0.4 is 0 Å². The van der Waals surface area contributed by atoms with E-state index in [0.717, 1.165) is 85.0 Å². The molecule has 19 aliphatic rings. The molecule has 25 nitrogen and oxygen atoms in total. The molecule has 0 bridgehead atoms. The quantitative estimate of drug-likeness (QED) is 0.0419. The Morgan fingerprint density at radius 1 is 0.366 bits per heavy atom. The minimum atomic E-state index is -4.65. The van der Waals surface area contributed by atoms with E-state index >= 15 is 0 Å². The Bertz CT molecular complexity index is 4510. The minimum Gasteiger partial charge on any atom is -0.373 e. The average molecular weight is 1850 g/mol. The third-order valence-electron chi connectivity index (χ3n) is 32.1. The van der Waals surface area contributed by atoms with Gasteiger partial charge in [0, 0.05) is 54.7 Å². The molecule has 19 rings (SSSR count). The minimum absolute atomic E-state index is 0.0267. The summed E-state index contributed by atoms with van der Waals surface area (Å²) < 4.78 is 181. The average Bonchev–Trinajstić information content (AvgIpc) is 1.55. The standard InChI is InChI=1S/C17H21F3O4.C17H22O4.2C17H26O4.C17H24O4.C15H19F3O5/c1-9(17(18,19)20)5-6-12-15(3,24-12)14-13(22-4)11(21)7-10(2)16(14)8-23-16;1-10-8-12(18)14(19-3)15(17(10)9-20-17)16(2)13(21-16)7-6-11-4-5-11;3*1-10(2)6-7-13-16(4,21-13)15-14(19-5)12(18)8-11(3)17(15)9-20-17;1-8-6-9(19)11(20-3)12(14(8)7-22-14)13(2)10(23-13)4-5-21-15(16,17)18/h5,7,12-14H,6,8H2,1-4H3;6,8,13-15H,4-5,7,9H2,1-3H3;2*8,10,13-15H,6-7,9H2,1-5H3;6,8,13-15H,7,9H2,1-5H3;6,10-12H,4-5,7H2,1-3H3/b9-5+;;;;;/t12-,13-,14-,15-,16-;2*13-,14-,15-,16+,17-;2*13-,14-,15-,16-,17-;10-,11-,12-,13-,14-/m111111/s1. The molecule has 0 unspecified atom stereocenters. The number of hydrogen-bond donors (Lipinski definition) is 0. The summed E-state index contributed by atoms with van der Waals surface area (Å²) in [5.74, 6) is 0.224. The molecule has 131 heavy (non-hydrogen) atoms. The van der Waals surface area contributed by atoms with Crippen molar-refractivity contribution in [1.29, 1.82) is 0 Å². The number of rotatable bonds is 27. The summed E-state index contributed by atoms with van der Waals surface area (Å²) in [6.45, 7) is 40.8. The Kier molecular flexibility index (Phi) is 28.2. The highest BCUT2D eigenvalue weighted by Gasteiger charge is 2.79. The molecule has 30 atom stereocenters. The predicted molar refractivity (Wildman–Crippen MR) is 465 cm³/mol. The lowest BCUT2D eigenvalue weighted by atomic mass is 9.68. The Balaban J connectivity index is 0.000000127. The maximum Gasteiger partial charge on any atom is 0.522 e. The summed E-state index contributed by atoms with van der Waals surface area (Å²) in [5.41, 5.74) is 2.47. The molecule has 7 aliphatic carbocycles. The molecule has 12 saturated heterocycles. The number of methoxy groups -OCH3 is 6. The molecule has 0 N–H and O–H groups in total. The van der Waals surface area contributed by atoms with Crippen LogP contribution in [0.5, 0.6) is 0 Å². The summed E-state index contributed by atoms with van der Waals surface area (Å²) >= 11 is 0. The lowest BCUT2D eigenvalue weighted by Gasteiger charge is -2.36. The first kappa shape index (κ1) is 101. The fraction of sp³-hybridized carbons (Fsp3) is 0.760. The van der Waals surface area contributed by atoms with Crippen molar-refractivity contribution in [2.45, 2.75) is 349 Å². The van der Waals surface area contributed by atoms with Gasteiger partial charge in [-0.3, -0.25) is 33.5 Å². The van der Waals surface area contributed by atoms with E-state index in [1.807, 2.05) is 48.5 Å². The van der Waals surface area contributed by atoms with E-state index in [-0.39, 0.29) is 152 Å². The van der Waals surface area contributed by atoms with E-state index < -0.39 is 96.0 Å². The van der Waals surface area contributed by atoms with Crippen LogP contribution in [0.4, 0.5) is 26.3 Å². The van der Waals surface area contributed by atoms with Gasteiger partial charge in [0.15, 0.2) is 34.7 Å². The Labute approximate surface area is 766 Å². The van der Waals surface area contributed by atoms with Gasteiger partial charge >= 0.3 is 12.5 Å². The van der Waals surface area contributed by atoms with Gasteiger partial charge in [-0.2, -0.15) is 13.2 Å². The molecule has 0 aromatic carbocycles. The molecule has 12 heterocycles. The third-order valence-corrected chi connectivity index (χ3v) is 32.1. The van der Waals surface area contributed by atoms with E-state index in [9.17, 15) is 55.1 Å². The van der Waals surface area contributed by atoms with E-state index in [1.54, 1.807) is 59.7 Å². The SMILES string of the molecule is CO[C@@H]1C(=O)C=C(C)[C@]2(CO2)[C@H]1[C@@]1(C)O[C@@H]1CC=C1CC1.CO[C@@H]1C(=O)C=C(C)[C@]2(CO2)[C@H]1[C@@]1(C)O[C@@H]1CCC(C)C.CO[C@@H]1C(=O)C=C(C)[C@]2(CO2)[C@H]1[C@]1(C)O[C@@H]1C/C=C(\C)C(F)(F)F.CO[C@@H]1C(=O)C=C(C)[C@]2(CO2)[C@H]1[C@]1(C)O[C@@H]1CC=C(C)C.CO[C@@H]1C(=O)C=C(C)[C@]2(CO2)[C@H]1[C@]1(C)O[C@@H]1CCC(C)C.CO[C@@H]1C(=O)C=C(C)[C@]2(CO2)[C@H]1[C@]1(C)O[C@@H]1CCOC(F)(F)F. The zero-order chi connectivity index (χ0) is 96.0. The second-order valence-electron chi connectivity index (χ2n) is 41.8. The van der Waals surface area contributed by atoms with Gasteiger partial charge in [0.25, 0.3) is 0 Å². The lowest BCUT2D eigenvalue weighted by Crippen LogP contribution is -2.52. The molecule has 1 saturated carbocycles. The lowest BCUT2D eigenvalue weighted by molar-refractivity contribution is -0.324. The van der Waals surface area contributed by atoms with Gasteiger partial charge in [-0.1, -0.05) is 57.1 Å². The molecular formula is C100H138F6O25. The molecule has 13 fully saturated rings. The molecule has 0 aromatic heterocycles. The van der Waals surface area contributed by atoms with Crippen LogP contribution in [0, 0.1) is 47.3 Å². The van der Waals surface area contributed by atoms with E-state index in [1.165, 1.54) is 50.4 Å². The van der Waals surface area contributed by atoms with Crippen LogP contribution in [0.15, 0.2) is 105 Å². The molecule has 31 heteroatoms. The number of ketones is 6. The van der Waals surface area contributed by atoms with Gasteiger partial charge in [-0.25, -0.2) is 0 Å².